The third-order valence-electron chi connectivity index (χ3n) is 5.33. The van der Waals surface area contributed by atoms with Gasteiger partial charge < -0.3 is 14.8 Å². The quantitative estimate of drug-likeness (QED) is 0.268. The first-order chi connectivity index (χ1) is 17.9. The highest BCUT2D eigenvalue weighted by Crippen LogP contribution is 2.25. The van der Waals surface area contributed by atoms with Gasteiger partial charge in [0.15, 0.2) is 13.2 Å². The highest BCUT2D eigenvalue weighted by atomic mass is 79.9. The van der Waals surface area contributed by atoms with Gasteiger partial charge in [-0.05, 0) is 70.2 Å². The maximum atomic E-state index is 13.0. The topological polar surface area (TPSA) is 113 Å². The Morgan fingerprint density at radius 3 is 2.46 bits per heavy atom. The monoisotopic (exact) mass is 562 g/mol. The van der Waals surface area contributed by atoms with Gasteiger partial charge in [0.1, 0.15) is 23.6 Å². The molecule has 0 aliphatic heterocycles. The van der Waals surface area contributed by atoms with Gasteiger partial charge in [0.2, 0.25) is 0 Å². The lowest BCUT2D eigenvalue weighted by molar-refractivity contribution is -0.130. The SMILES string of the molecule is Cc1cccc(C)c1OCC(=O)N[C@H](Cc1ccccc1)C(=O)N/N=C\c1ccc(OCC#N)c(Br)c1. The summed E-state index contributed by atoms with van der Waals surface area (Å²) in [6.07, 6.45) is 1.76. The van der Waals surface area contributed by atoms with Crippen LogP contribution in [0, 0.1) is 25.2 Å². The van der Waals surface area contributed by atoms with E-state index in [1.54, 1.807) is 18.2 Å². The van der Waals surface area contributed by atoms with Crippen molar-refractivity contribution in [3.63, 3.8) is 0 Å². The molecule has 190 valence electrons. The van der Waals surface area contributed by atoms with E-state index in [1.165, 1.54) is 6.21 Å². The largest absolute Gasteiger partial charge is 0.483 e. The van der Waals surface area contributed by atoms with Crippen molar-refractivity contribution in [2.24, 2.45) is 5.10 Å². The number of nitrogens with zero attached hydrogens (tertiary/aromatic N) is 2. The minimum Gasteiger partial charge on any atom is -0.483 e. The smallest absolute Gasteiger partial charge is 0.262 e. The van der Waals surface area contributed by atoms with Gasteiger partial charge in [0.25, 0.3) is 11.8 Å². The molecule has 0 saturated carbocycles. The van der Waals surface area contributed by atoms with Crippen LogP contribution < -0.4 is 20.2 Å². The molecule has 3 aromatic rings. The highest BCUT2D eigenvalue weighted by molar-refractivity contribution is 9.10. The normalized spacial score (nSPS) is 11.4. The third kappa shape index (κ3) is 8.47. The van der Waals surface area contributed by atoms with Crippen molar-refractivity contribution in [3.8, 4) is 17.6 Å². The number of carbonyl (C=O) groups excluding carboxylic acids is 2. The molecule has 0 unspecified atom stereocenters. The first kappa shape index (κ1) is 27.4. The highest BCUT2D eigenvalue weighted by Gasteiger charge is 2.21. The lowest BCUT2D eigenvalue weighted by Crippen LogP contribution is -2.48. The molecule has 0 spiro atoms. The van der Waals surface area contributed by atoms with E-state index >= 15 is 0 Å². The molecule has 0 aliphatic rings. The average Bonchev–Trinajstić information content (AvgIpc) is 2.88. The molecule has 1 atom stereocenters. The summed E-state index contributed by atoms with van der Waals surface area (Å²) in [5.74, 6) is 0.297. The predicted molar refractivity (Wildman–Crippen MR) is 144 cm³/mol. The minimum absolute atomic E-state index is 0.0633. The van der Waals surface area contributed by atoms with Crippen LogP contribution >= 0.6 is 15.9 Å². The van der Waals surface area contributed by atoms with Crippen LogP contribution in [0.4, 0.5) is 0 Å². The van der Waals surface area contributed by atoms with Gasteiger partial charge in [-0.15, -0.1) is 0 Å². The van der Waals surface area contributed by atoms with E-state index in [4.69, 9.17) is 14.7 Å². The summed E-state index contributed by atoms with van der Waals surface area (Å²) in [4.78, 5) is 25.6. The first-order valence-corrected chi connectivity index (χ1v) is 12.3. The Morgan fingerprint density at radius 1 is 1.05 bits per heavy atom. The van der Waals surface area contributed by atoms with Gasteiger partial charge in [0, 0.05) is 6.42 Å². The van der Waals surface area contributed by atoms with Crippen LogP contribution in [0.3, 0.4) is 0 Å². The lowest BCUT2D eigenvalue weighted by Gasteiger charge is -2.18. The molecule has 0 fully saturated rings. The fraction of sp³-hybridized carbons (Fsp3) is 0.214. The molecule has 0 heterocycles. The zero-order chi connectivity index (χ0) is 26.6. The number of nitriles is 1. The summed E-state index contributed by atoms with van der Waals surface area (Å²) >= 11 is 3.38. The Labute approximate surface area is 224 Å². The average molecular weight is 563 g/mol. The Morgan fingerprint density at radius 2 is 1.78 bits per heavy atom. The second-order valence-electron chi connectivity index (χ2n) is 8.19. The zero-order valence-electron chi connectivity index (χ0n) is 20.5. The number of amides is 2. The van der Waals surface area contributed by atoms with Crippen LogP contribution in [0.5, 0.6) is 11.5 Å². The van der Waals surface area contributed by atoms with Crippen LogP contribution in [-0.2, 0) is 16.0 Å². The number of rotatable bonds is 11. The molecule has 0 saturated heterocycles. The summed E-state index contributed by atoms with van der Waals surface area (Å²) < 4.78 is 11.7. The molecule has 0 aromatic heterocycles. The summed E-state index contributed by atoms with van der Waals surface area (Å²) in [7, 11) is 0. The van der Waals surface area contributed by atoms with Gasteiger partial charge in [-0.3, -0.25) is 9.59 Å². The van der Waals surface area contributed by atoms with Crippen molar-refractivity contribution in [2.75, 3.05) is 13.2 Å². The minimum atomic E-state index is -0.859. The zero-order valence-corrected chi connectivity index (χ0v) is 22.1. The molecule has 2 amide bonds. The molecular formula is C28H27BrN4O4. The number of hydrazone groups is 1. The van der Waals surface area contributed by atoms with E-state index in [0.29, 0.717) is 21.5 Å². The molecule has 2 N–H and O–H groups in total. The number of aryl methyl sites for hydroxylation is 2. The van der Waals surface area contributed by atoms with Crippen LogP contribution in [0.25, 0.3) is 0 Å². The number of nitrogens with one attached hydrogen (secondary N) is 2. The standard InChI is InChI=1S/C28H27BrN4O4/c1-19-7-6-8-20(2)27(19)37-18-26(34)32-24(16-21-9-4-3-5-10-21)28(35)33-31-17-22-11-12-25(23(29)15-22)36-14-13-30/h3-12,15,17,24H,14,16,18H2,1-2H3,(H,32,34)(H,33,35)/b31-17-/t24-/m1/s1. The van der Waals surface area contributed by atoms with Crippen molar-refractivity contribution in [1.29, 1.82) is 5.26 Å². The Hall–Kier alpha value is -4.16. The molecule has 0 radical (unpaired) electrons. The molecule has 0 bridgehead atoms. The number of carbonyl (C=O) groups is 2. The maximum absolute atomic E-state index is 13.0. The maximum Gasteiger partial charge on any atom is 0.262 e. The number of hydrogen-bond acceptors (Lipinski definition) is 6. The van der Waals surface area contributed by atoms with Gasteiger partial charge in [-0.1, -0.05) is 48.5 Å². The van der Waals surface area contributed by atoms with Crippen molar-refractivity contribution in [1.82, 2.24) is 10.7 Å². The summed E-state index contributed by atoms with van der Waals surface area (Å²) in [6.45, 7) is 3.54. The number of hydrogen-bond donors (Lipinski definition) is 2. The van der Waals surface area contributed by atoms with Crippen molar-refractivity contribution < 1.29 is 19.1 Å². The van der Waals surface area contributed by atoms with Crippen LogP contribution in [0.2, 0.25) is 0 Å². The number of halogens is 1. The molecule has 9 heteroatoms. The summed E-state index contributed by atoms with van der Waals surface area (Å²) in [5, 5.41) is 15.5. The third-order valence-corrected chi connectivity index (χ3v) is 5.95. The number of ether oxygens (including phenoxy) is 2. The second-order valence-corrected chi connectivity index (χ2v) is 9.04. The van der Waals surface area contributed by atoms with E-state index in [0.717, 1.165) is 16.7 Å². The van der Waals surface area contributed by atoms with Crippen molar-refractivity contribution in [2.45, 2.75) is 26.3 Å². The summed E-state index contributed by atoms with van der Waals surface area (Å²) in [6, 6.07) is 21.4. The molecule has 3 rings (SSSR count). The fourth-order valence-corrected chi connectivity index (χ4v) is 4.04. The van der Waals surface area contributed by atoms with E-state index < -0.39 is 17.9 Å². The van der Waals surface area contributed by atoms with Crippen molar-refractivity contribution >= 4 is 34.0 Å². The van der Waals surface area contributed by atoms with E-state index in [9.17, 15) is 9.59 Å². The van der Waals surface area contributed by atoms with E-state index in [1.807, 2.05) is 68.4 Å². The number of para-hydroxylation sites is 1. The lowest BCUT2D eigenvalue weighted by atomic mass is 10.1. The summed E-state index contributed by atoms with van der Waals surface area (Å²) in [5.41, 5.74) is 5.94. The van der Waals surface area contributed by atoms with Crippen LogP contribution in [0.15, 0.2) is 76.3 Å². The Balaban J connectivity index is 1.64. The van der Waals surface area contributed by atoms with Gasteiger partial charge in [0.05, 0.1) is 10.7 Å². The van der Waals surface area contributed by atoms with Crippen molar-refractivity contribution in [3.05, 3.63) is 93.5 Å². The molecular weight excluding hydrogens is 536 g/mol. The molecule has 3 aromatic carbocycles. The van der Waals surface area contributed by atoms with Gasteiger partial charge in [-0.2, -0.15) is 10.4 Å². The first-order valence-electron chi connectivity index (χ1n) is 11.5. The number of benzene rings is 3. The molecule has 37 heavy (non-hydrogen) atoms. The Kier molecular flexibility index (Phi) is 10.2. The van der Waals surface area contributed by atoms with Gasteiger partial charge in [-0.25, -0.2) is 5.43 Å². The van der Waals surface area contributed by atoms with E-state index in [-0.39, 0.29) is 19.6 Å². The van der Waals surface area contributed by atoms with Crippen LogP contribution in [-0.4, -0.2) is 37.3 Å². The van der Waals surface area contributed by atoms with Gasteiger partial charge >= 0.3 is 0 Å². The van der Waals surface area contributed by atoms with Crippen LogP contribution in [0.1, 0.15) is 22.3 Å². The molecule has 0 aliphatic carbocycles. The fourth-order valence-electron chi connectivity index (χ4n) is 3.53. The Bertz CT molecular complexity index is 1290. The second kappa shape index (κ2) is 13.8. The molecule has 8 nitrogen and oxygen atoms in total. The van der Waals surface area contributed by atoms with E-state index in [2.05, 4.69) is 31.8 Å². The predicted octanol–water partition coefficient (Wildman–Crippen LogP) is 4.22.